The van der Waals surface area contributed by atoms with Crippen LogP contribution in [0.2, 0.25) is 0 Å². The highest BCUT2D eigenvalue weighted by Crippen LogP contribution is 2.36. The highest BCUT2D eigenvalue weighted by Gasteiger charge is 2.24. The molecule has 1 unspecified atom stereocenters. The van der Waals surface area contributed by atoms with Crippen LogP contribution in [0, 0.1) is 11.6 Å². The molecule has 1 N–H and O–H groups in total. The van der Waals surface area contributed by atoms with Crippen molar-refractivity contribution in [3.05, 3.63) is 62.0 Å². The fourth-order valence-corrected chi connectivity index (χ4v) is 2.55. The van der Waals surface area contributed by atoms with E-state index in [9.17, 15) is 13.9 Å². The maximum absolute atomic E-state index is 14.0. The first-order chi connectivity index (χ1) is 9.45. The maximum Gasteiger partial charge on any atom is 0.146 e. The molecule has 2 aromatic rings. The van der Waals surface area contributed by atoms with Gasteiger partial charge in [-0.3, -0.25) is 0 Å². The van der Waals surface area contributed by atoms with Crippen LogP contribution in [0.25, 0.3) is 0 Å². The third-order valence-electron chi connectivity index (χ3n) is 2.84. The van der Waals surface area contributed by atoms with Gasteiger partial charge in [0, 0.05) is 10.0 Å². The number of rotatable bonds is 3. The Hall–Kier alpha value is -0.980. The smallest absolute Gasteiger partial charge is 0.146 e. The van der Waals surface area contributed by atoms with Crippen molar-refractivity contribution in [1.29, 1.82) is 0 Å². The molecular weight excluding hydrogens is 398 g/mol. The molecule has 20 heavy (non-hydrogen) atoms. The molecule has 0 spiro atoms. The van der Waals surface area contributed by atoms with Gasteiger partial charge in [-0.2, -0.15) is 0 Å². The molecule has 1 atom stereocenters. The molecule has 0 amide bonds. The van der Waals surface area contributed by atoms with Crippen molar-refractivity contribution in [2.24, 2.45) is 0 Å². The number of aliphatic hydroxyl groups is 1. The summed E-state index contributed by atoms with van der Waals surface area (Å²) in [5, 5.41) is 10.3. The minimum absolute atomic E-state index is 0.0871. The third kappa shape index (κ3) is 2.87. The molecule has 0 aliphatic carbocycles. The standard InChI is InChI=1S/C14H10Br2F2O2/c1-20-11-6-7(15)2-3-8(11)14(19)12-10(17)5-4-9(16)13(12)18/h2-6,14,19H,1H3. The highest BCUT2D eigenvalue weighted by molar-refractivity contribution is 9.10. The van der Waals surface area contributed by atoms with Gasteiger partial charge in [0.05, 0.1) is 17.1 Å². The summed E-state index contributed by atoms with van der Waals surface area (Å²) in [5.41, 5.74) is -0.133. The summed E-state index contributed by atoms with van der Waals surface area (Å²) < 4.78 is 33.8. The fraction of sp³-hybridized carbons (Fsp3) is 0.143. The van der Waals surface area contributed by atoms with Crippen LogP contribution in [-0.4, -0.2) is 12.2 Å². The van der Waals surface area contributed by atoms with Gasteiger partial charge < -0.3 is 9.84 Å². The van der Waals surface area contributed by atoms with E-state index in [-0.39, 0.29) is 10.0 Å². The van der Waals surface area contributed by atoms with Crippen LogP contribution in [0.5, 0.6) is 5.75 Å². The number of hydrogen-bond donors (Lipinski definition) is 1. The Kier molecular flexibility index (Phi) is 4.78. The third-order valence-corrected chi connectivity index (χ3v) is 3.95. The van der Waals surface area contributed by atoms with Crippen LogP contribution in [0.3, 0.4) is 0 Å². The van der Waals surface area contributed by atoms with Gasteiger partial charge >= 0.3 is 0 Å². The molecule has 2 nitrogen and oxygen atoms in total. The lowest BCUT2D eigenvalue weighted by Crippen LogP contribution is -2.08. The van der Waals surface area contributed by atoms with Crippen molar-refractivity contribution in [1.82, 2.24) is 0 Å². The second-order valence-corrected chi connectivity index (χ2v) is 5.82. The minimum atomic E-state index is -1.46. The van der Waals surface area contributed by atoms with Crippen molar-refractivity contribution in [2.75, 3.05) is 7.11 Å². The van der Waals surface area contributed by atoms with Gasteiger partial charge in [0.15, 0.2) is 0 Å². The largest absolute Gasteiger partial charge is 0.496 e. The van der Waals surface area contributed by atoms with Crippen LogP contribution >= 0.6 is 31.9 Å². The molecule has 0 radical (unpaired) electrons. The summed E-state index contributed by atoms with van der Waals surface area (Å²) >= 11 is 6.24. The molecule has 6 heteroatoms. The van der Waals surface area contributed by atoms with E-state index < -0.39 is 23.3 Å². The van der Waals surface area contributed by atoms with E-state index in [0.29, 0.717) is 5.75 Å². The Balaban J connectivity index is 2.57. The Morgan fingerprint density at radius 2 is 1.85 bits per heavy atom. The lowest BCUT2D eigenvalue weighted by atomic mass is 9.99. The predicted octanol–water partition coefficient (Wildman–Crippen LogP) is 4.58. The van der Waals surface area contributed by atoms with Crippen molar-refractivity contribution in [3.63, 3.8) is 0 Å². The lowest BCUT2D eigenvalue weighted by molar-refractivity contribution is 0.203. The molecule has 2 rings (SSSR count). The van der Waals surface area contributed by atoms with Gasteiger partial charge in [-0.25, -0.2) is 8.78 Å². The number of methoxy groups -OCH3 is 1. The Morgan fingerprint density at radius 1 is 1.15 bits per heavy atom. The predicted molar refractivity (Wildman–Crippen MR) is 78.8 cm³/mol. The monoisotopic (exact) mass is 406 g/mol. The molecule has 0 fully saturated rings. The van der Waals surface area contributed by atoms with E-state index in [0.717, 1.165) is 10.5 Å². The molecular formula is C14H10Br2F2O2. The Labute approximate surface area is 131 Å². The summed E-state index contributed by atoms with van der Waals surface area (Å²) in [6.45, 7) is 0. The second-order valence-electron chi connectivity index (χ2n) is 4.05. The zero-order chi connectivity index (χ0) is 14.9. The topological polar surface area (TPSA) is 29.5 Å². The molecule has 0 aliphatic heterocycles. The molecule has 106 valence electrons. The molecule has 0 saturated heterocycles. The first kappa shape index (κ1) is 15.4. The van der Waals surface area contributed by atoms with E-state index in [1.54, 1.807) is 18.2 Å². The van der Waals surface area contributed by atoms with Gasteiger partial charge in [-0.1, -0.05) is 22.0 Å². The summed E-state index contributed by atoms with van der Waals surface area (Å²) in [6.07, 6.45) is -1.46. The van der Waals surface area contributed by atoms with E-state index in [2.05, 4.69) is 31.9 Å². The summed E-state index contributed by atoms with van der Waals surface area (Å²) in [4.78, 5) is 0. The van der Waals surface area contributed by atoms with Gasteiger partial charge in [0.25, 0.3) is 0 Å². The average Bonchev–Trinajstić information content (AvgIpc) is 2.43. The zero-order valence-corrected chi connectivity index (χ0v) is 13.5. The lowest BCUT2D eigenvalue weighted by Gasteiger charge is -2.17. The second kappa shape index (κ2) is 6.20. The van der Waals surface area contributed by atoms with E-state index >= 15 is 0 Å². The molecule has 2 aromatic carbocycles. The summed E-state index contributed by atoms with van der Waals surface area (Å²) in [6, 6.07) is 7.17. The van der Waals surface area contributed by atoms with Crippen LogP contribution in [-0.2, 0) is 0 Å². The first-order valence-electron chi connectivity index (χ1n) is 5.60. The van der Waals surface area contributed by atoms with Gasteiger partial charge in [0.1, 0.15) is 23.5 Å². The van der Waals surface area contributed by atoms with E-state index in [1.165, 1.54) is 13.2 Å². The number of benzene rings is 2. The summed E-state index contributed by atoms with van der Waals surface area (Å²) in [5.74, 6) is -1.31. The molecule has 0 bridgehead atoms. The maximum atomic E-state index is 14.0. The Morgan fingerprint density at radius 3 is 2.50 bits per heavy atom. The van der Waals surface area contributed by atoms with Crippen LogP contribution < -0.4 is 4.74 Å². The Bertz CT molecular complexity index is 647. The van der Waals surface area contributed by atoms with E-state index in [1.807, 2.05) is 0 Å². The van der Waals surface area contributed by atoms with Crippen molar-refractivity contribution in [3.8, 4) is 5.75 Å². The number of halogens is 4. The fourth-order valence-electron chi connectivity index (χ4n) is 1.86. The quantitative estimate of drug-likeness (QED) is 0.754. The first-order valence-corrected chi connectivity index (χ1v) is 7.19. The van der Waals surface area contributed by atoms with Gasteiger partial charge in [0.2, 0.25) is 0 Å². The molecule has 0 aromatic heterocycles. The van der Waals surface area contributed by atoms with E-state index in [4.69, 9.17) is 4.74 Å². The molecule has 0 saturated carbocycles. The van der Waals surface area contributed by atoms with Gasteiger partial charge in [-0.15, -0.1) is 0 Å². The zero-order valence-electron chi connectivity index (χ0n) is 10.3. The van der Waals surface area contributed by atoms with Gasteiger partial charge in [-0.05, 0) is 40.2 Å². The molecule has 0 aliphatic rings. The van der Waals surface area contributed by atoms with Crippen molar-refractivity contribution in [2.45, 2.75) is 6.10 Å². The number of hydrogen-bond acceptors (Lipinski definition) is 2. The number of aliphatic hydroxyl groups excluding tert-OH is 1. The number of ether oxygens (including phenoxy) is 1. The minimum Gasteiger partial charge on any atom is -0.496 e. The molecule has 0 heterocycles. The highest BCUT2D eigenvalue weighted by atomic mass is 79.9. The summed E-state index contributed by atoms with van der Waals surface area (Å²) in [7, 11) is 1.42. The normalized spacial score (nSPS) is 12.3. The van der Waals surface area contributed by atoms with Crippen molar-refractivity contribution < 1.29 is 18.6 Å². The average molecular weight is 408 g/mol. The van der Waals surface area contributed by atoms with Crippen LogP contribution in [0.4, 0.5) is 8.78 Å². The van der Waals surface area contributed by atoms with Crippen LogP contribution in [0.1, 0.15) is 17.2 Å². The van der Waals surface area contributed by atoms with Crippen LogP contribution in [0.15, 0.2) is 39.3 Å². The van der Waals surface area contributed by atoms with Crippen molar-refractivity contribution >= 4 is 31.9 Å². The SMILES string of the molecule is COc1cc(Br)ccc1C(O)c1c(F)ccc(Br)c1F.